The molecule has 0 spiro atoms. The van der Waals surface area contributed by atoms with Crippen LogP contribution in [0.2, 0.25) is 5.15 Å². The van der Waals surface area contributed by atoms with Crippen molar-refractivity contribution in [2.24, 2.45) is 0 Å². The highest BCUT2D eigenvalue weighted by molar-refractivity contribution is 6.29. The summed E-state index contributed by atoms with van der Waals surface area (Å²) in [5.41, 5.74) is 0.796. The van der Waals surface area contributed by atoms with E-state index in [-0.39, 0.29) is 0 Å². The molecule has 0 saturated carbocycles. The standard InChI is InChI=1S/C13H11NO3.C7H6ClNO2/c1-16-13(15)10-7-8-12(14-9-10)17-11-5-3-2-4-6-11;1-11-7(10)5-2-3-6(8)9-4-5/h2-9H,1H3;2-4H,1H3. The van der Waals surface area contributed by atoms with Gasteiger partial charge in [0, 0.05) is 18.5 Å². The molecule has 3 aromatic rings. The van der Waals surface area contributed by atoms with Crippen molar-refractivity contribution < 1.29 is 23.8 Å². The largest absolute Gasteiger partial charge is 0.465 e. The number of carbonyl (C=O) groups excluding carboxylic acids is 2. The maximum atomic E-state index is 11.2. The van der Waals surface area contributed by atoms with Gasteiger partial charge in [0.15, 0.2) is 0 Å². The minimum Gasteiger partial charge on any atom is -0.465 e. The lowest BCUT2D eigenvalue weighted by Crippen LogP contribution is -2.01. The maximum absolute atomic E-state index is 11.2. The Morgan fingerprint density at radius 1 is 0.786 bits per heavy atom. The first-order valence-corrected chi connectivity index (χ1v) is 8.38. The molecule has 0 aliphatic rings. The highest BCUT2D eigenvalue weighted by atomic mass is 35.5. The molecule has 0 aliphatic carbocycles. The summed E-state index contributed by atoms with van der Waals surface area (Å²) in [7, 11) is 2.65. The Balaban J connectivity index is 0.000000221. The number of ether oxygens (including phenoxy) is 3. The molecule has 7 nitrogen and oxygen atoms in total. The molecule has 0 aliphatic heterocycles. The van der Waals surface area contributed by atoms with E-state index < -0.39 is 11.9 Å². The third-order valence-corrected chi connectivity index (χ3v) is 3.50. The van der Waals surface area contributed by atoms with Gasteiger partial charge in [-0.2, -0.15) is 0 Å². The van der Waals surface area contributed by atoms with Crippen LogP contribution in [0.5, 0.6) is 11.6 Å². The molecule has 0 amide bonds. The lowest BCUT2D eigenvalue weighted by molar-refractivity contribution is 0.0591. The number of aromatic nitrogens is 2. The minimum absolute atomic E-state index is 0.359. The summed E-state index contributed by atoms with van der Waals surface area (Å²) >= 11 is 5.50. The molecule has 0 radical (unpaired) electrons. The molecule has 0 atom stereocenters. The molecular weight excluding hydrogens is 384 g/mol. The molecule has 3 rings (SSSR count). The Labute approximate surface area is 166 Å². The monoisotopic (exact) mass is 400 g/mol. The predicted molar refractivity (Wildman–Crippen MR) is 103 cm³/mol. The maximum Gasteiger partial charge on any atom is 0.339 e. The van der Waals surface area contributed by atoms with E-state index in [1.165, 1.54) is 32.7 Å². The zero-order valence-corrected chi connectivity index (χ0v) is 15.9. The Morgan fingerprint density at radius 3 is 1.82 bits per heavy atom. The Kier molecular flexibility index (Phi) is 7.92. The van der Waals surface area contributed by atoms with Crippen molar-refractivity contribution in [3.8, 4) is 11.6 Å². The first-order valence-electron chi connectivity index (χ1n) is 8.00. The van der Waals surface area contributed by atoms with E-state index in [2.05, 4.69) is 19.4 Å². The van der Waals surface area contributed by atoms with E-state index in [0.29, 0.717) is 27.9 Å². The highest BCUT2D eigenvalue weighted by Gasteiger charge is 2.06. The van der Waals surface area contributed by atoms with Gasteiger partial charge in [-0.05, 0) is 30.3 Å². The quantitative estimate of drug-likeness (QED) is 0.479. The first kappa shape index (κ1) is 20.9. The predicted octanol–water partition coefficient (Wildman–Crippen LogP) is 4.18. The molecule has 8 heteroatoms. The van der Waals surface area contributed by atoms with Crippen LogP contribution in [0.15, 0.2) is 67.0 Å². The van der Waals surface area contributed by atoms with Gasteiger partial charge in [-0.3, -0.25) is 0 Å². The van der Waals surface area contributed by atoms with Crippen molar-refractivity contribution in [1.82, 2.24) is 9.97 Å². The lowest BCUT2D eigenvalue weighted by atomic mass is 10.3. The molecular formula is C20H17ClN2O5. The number of benzene rings is 1. The van der Waals surface area contributed by atoms with Crippen LogP contribution >= 0.6 is 11.6 Å². The molecule has 0 saturated heterocycles. The minimum atomic E-state index is -0.413. The normalized spacial score (nSPS) is 9.54. The summed E-state index contributed by atoms with van der Waals surface area (Å²) in [6, 6.07) is 15.6. The van der Waals surface area contributed by atoms with E-state index in [1.807, 2.05) is 30.3 Å². The van der Waals surface area contributed by atoms with Gasteiger partial charge in [-0.1, -0.05) is 29.8 Å². The Bertz CT molecular complexity index is 900. The van der Waals surface area contributed by atoms with Crippen LogP contribution in [0.25, 0.3) is 0 Å². The van der Waals surface area contributed by atoms with Gasteiger partial charge in [0.1, 0.15) is 10.9 Å². The fourth-order valence-electron chi connectivity index (χ4n) is 1.90. The molecule has 144 valence electrons. The summed E-state index contributed by atoms with van der Waals surface area (Å²) in [5, 5.41) is 0.359. The lowest BCUT2D eigenvalue weighted by Gasteiger charge is -2.04. The Morgan fingerprint density at radius 2 is 1.36 bits per heavy atom. The second kappa shape index (κ2) is 10.6. The number of para-hydroxylation sites is 1. The number of halogens is 1. The molecule has 28 heavy (non-hydrogen) atoms. The molecule has 0 unspecified atom stereocenters. The zero-order chi connectivity index (χ0) is 20.4. The zero-order valence-electron chi connectivity index (χ0n) is 15.2. The van der Waals surface area contributed by atoms with E-state index in [1.54, 1.807) is 18.2 Å². The van der Waals surface area contributed by atoms with Gasteiger partial charge >= 0.3 is 11.9 Å². The summed E-state index contributed by atoms with van der Waals surface area (Å²) < 4.78 is 14.5. The van der Waals surface area contributed by atoms with E-state index >= 15 is 0 Å². The van der Waals surface area contributed by atoms with Gasteiger partial charge in [0.05, 0.1) is 25.3 Å². The summed E-state index contributed by atoms with van der Waals surface area (Å²) in [6.07, 6.45) is 2.79. The number of carbonyl (C=O) groups is 2. The van der Waals surface area contributed by atoms with Crippen LogP contribution < -0.4 is 4.74 Å². The number of pyridine rings is 2. The van der Waals surface area contributed by atoms with E-state index in [9.17, 15) is 9.59 Å². The number of esters is 2. The highest BCUT2D eigenvalue weighted by Crippen LogP contribution is 2.18. The number of hydrogen-bond donors (Lipinski definition) is 0. The van der Waals surface area contributed by atoms with Gasteiger partial charge in [-0.25, -0.2) is 19.6 Å². The Hall–Kier alpha value is -3.45. The molecule has 0 fully saturated rings. The van der Waals surface area contributed by atoms with Crippen molar-refractivity contribution in [1.29, 1.82) is 0 Å². The van der Waals surface area contributed by atoms with Crippen LogP contribution in [0.4, 0.5) is 0 Å². The third kappa shape index (κ3) is 6.37. The van der Waals surface area contributed by atoms with Crippen molar-refractivity contribution in [2.45, 2.75) is 0 Å². The van der Waals surface area contributed by atoms with Crippen LogP contribution in [0.3, 0.4) is 0 Å². The van der Waals surface area contributed by atoms with Crippen molar-refractivity contribution in [2.75, 3.05) is 14.2 Å². The summed E-state index contributed by atoms with van der Waals surface area (Å²) in [6.45, 7) is 0. The van der Waals surface area contributed by atoms with Crippen molar-refractivity contribution in [3.63, 3.8) is 0 Å². The average Bonchev–Trinajstić information content (AvgIpc) is 2.75. The molecule has 2 heterocycles. The first-order chi connectivity index (χ1) is 13.5. The van der Waals surface area contributed by atoms with Crippen molar-refractivity contribution >= 4 is 23.5 Å². The van der Waals surface area contributed by atoms with Crippen LogP contribution in [0.1, 0.15) is 20.7 Å². The van der Waals surface area contributed by atoms with E-state index in [0.717, 1.165) is 0 Å². The van der Waals surface area contributed by atoms with Crippen LogP contribution in [-0.4, -0.2) is 36.1 Å². The molecule has 0 bridgehead atoms. The van der Waals surface area contributed by atoms with Gasteiger partial charge in [0.25, 0.3) is 0 Å². The van der Waals surface area contributed by atoms with Gasteiger partial charge < -0.3 is 14.2 Å². The van der Waals surface area contributed by atoms with Crippen LogP contribution in [0, 0.1) is 0 Å². The molecule has 0 N–H and O–H groups in total. The second-order valence-corrected chi connectivity index (χ2v) is 5.54. The summed E-state index contributed by atoms with van der Waals surface area (Å²) in [4.78, 5) is 29.7. The molecule has 1 aromatic carbocycles. The van der Waals surface area contributed by atoms with Crippen LogP contribution in [-0.2, 0) is 9.47 Å². The smallest absolute Gasteiger partial charge is 0.339 e. The SMILES string of the molecule is COC(=O)c1ccc(Cl)nc1.COC(=O)c1ccc(Oc2ccccc2)nc1. The van der Waals surface area contributed by atoms with Gasteiger partial charge in [-0.15, -0.1) is 0 Å². The number of hydrogen-bond acceptors (Lipinski definition) is 7. The second-order valence-electron chi connectivity index (χ2n) is 5.15. The topological polar surface area (TPSA) is 87.6 Å². The number of methoxy groups -OCH3 is 2. The van der Waals surface area contributed by atoms with Crippen molar-refractivity contribution in [3.05, 3.63) is 83.3 Å². The number of nitrogens with zero attached hydrogens (tertiary/aromatic N) is 2. The van der Waals surface area contributed by atoms with E-state index in [4.69, 9.17) is 16.3 Å². The summed E-state index contributed by atoms with van der Waals surface area (Å²) in [5.74, 6) is 0.313. The fraction of sp³-hybridized carbons (Fsp3) is 0.100. The number of rotatable bonds is 4. The fourth-order valence-corrected chi connectivity index (χ4v) is 2.01. The third-order valence-electron chi connectivity index (χ3n) is 3.27. The molecule has 2 aromatic heterocycles. The van der Waals surface area contributed by atoms with Gasteiger partial charge in [0.2, 0.25) is 5.88 Å². The average molecular weight is 401 g/mol.